The van der Waals surface area contributed by atoms with Crippen molar-refractivity contribution in [1.82, 2.24) is 0 Å². The molecule has 0 aromatic heterocycles. The van der Waals surface area contributed by atoms with Gasteiger partial charge in [0.1, 0.15) is 92.1 Å². The zero-order valence-corrected chi connectivity index (χ0v) is 47.3. The fraction of sp³-hybridized carbons (Fsp3) is 0.963. The highest BCUT2D eigenvalue weighted by atomic mass is 31.2. The van der Waals surface area contributed by atoms with Crippen molar-refractivity contribution < 1.29 is 113 Å². The minimum Gasteiger partial charge on any atom is -0.462 e. The van der Waals surface area contributed by atoms with Crippen molar-refractivity contribution in [1.29, 1.82) is 0 Å². The van der Waals surface area contributed by atoms with Crippen molar-refractivity contribution in [3.05, 3.63) is 0 Å². The summed E-state index contributed by atoms with van der Waals surface area (Å²) in [5.41, 5.74) is 0. The lowest BCUT2D eigenvalue weighted by Gasteiger charge is -2.49. The molecule has 0 radical (unpaired) electrons. The molecule has 1 aliphatic carbocycles. The van der Waals surface area contributed by atoms with E-state index in [9.17, 15) is 75.2 Å². The van der Waals surface area contributed by atoms with E-state index >= 15 is 0 Å². The molecule has 24 heteroatoms. The van der Waals surface area contributed by atoms with Crippen molar-refractivity contribution in [3.63, 3.8) is 0 Å². The quantitative estimate of drug-likeness (QED) is 0.0235. The molecule has 3 rings (SSSR count). The molecule has 0 amide bonds. The van der Waals surface area contributed by atoms with Gasteiger partial charge in [-0.2, -0.15) is 0 Å². The average Bonchev–Trinajstić information content (AvgIpc) is 3.46. The van der Waals surface area contributed by atoms with E-state index in [0.29, 0.717) is 12.8 Å². The third-order valence-corrected chi connectivity index (χ3v) is 15.9. The number of aliphatic hydroxyl groups excluding tert-OH is 11. The molecular weight excluding hydrogens is 1050 g/mol. The Kier molecular flexibility index (Phi) is 36.1. The van der Waals surface area contributed by atoms with E-state index in [1.165, 1.54) is 103 Å². The molecule has 3 fully saturated rings. The van der Waals surface area contributed by atoms with E-state index in [1.54, 1.807) is 0 Å². The first-order valence-corrected chi connectivity index (χ1v) is 30.9. The van der Waals surface area contributed by atoms with Crippen molar-refractivity contribution >= 4 is 19.8 Å². The molecule has 0 bridgehead atoms. The summed E-state index contributed by atoms with van der Waals surface area (Å²) < 4.78 is 58.1. The normalized spacial score (nSPS) is 31.7. The zero-order valence-electron chi connectivity index (χ0n) is 46.5. The number of phosphoric ester groups is 1. The Morgan fingerprint density at radius 1 is 0.436 bits per heavy atom. The summed E-state index contributed by atoms with van der Waals surface area (Å²) in [6.45, 7) is 1.01. The van der Waals surface area contributed by atoms with E-state index < -0.39 is 150 Å². The van der Waals surface area contributed by atoms with Gasteiger partial charge in [0, 0.05) is 12.8 Å². The lowest BCUT2D eigenvalue weighted by Crippen LogP contribution is -2.69. The maximum absolute atomic E-state index is 14.0. The van der Waals surface area contributed by atoms with Crippen LogP contribution in [0.4, 0.5) is 0 Å². The van der Waals surface area contributed by atoms with Crippen molar-refractivity contribution in [2.45, 2.75) is 304 Å². The van der Waals surface area contributed by atoms with Gasteiger partial charge in [-0.05, 0) is 12.8 Å². The van der Waals surface area contributed by atoms with Crippen LogP contribution in [-0.4, -0.2) is 204 Å². The maximum Gasteiger partial charge on any atom is 0.472 e. The van der Waals surface area contributed by atoms with Crippen LogP contribution in [-0.2, 0) is 51.6 Å². The van der Waals surface area contributed by atoms with Gasteiger partial charge in [-0.15, -0.1) is 0 Å². The summed E-state index contributed by atoms with van der Waals surface area (Å²) >= 11 is 0. The fourth-order valence-electron chi connectivity index (χ4n) is 10.0. The first kappa shape index (κ1) is 70.7. The fourth-order valence-corrected chi connectivity index (χ4v) is 11.0. The van der Waals surface area contributed by atoms with E-state index in [-0.39, 0.29) is 12.8 Å². The van der Waals surface area contributed by atoms with Crippen LogP contribution >= 0.6 is 7.82 Å². The number of carbonyl (C=O) groups is 2. The molecule has 78 heavy (non-hydrogen) atoms. The van der Waals surface area contributed by atoms with Gasteiger partial charge < -0.3 is 89.5 Å². The second kappa shape index (κ2) is 39.8. The standard InChI is InChI=1S/C54H101O23P/c1-3-5-7-9-11-13-15-16-17-18-19-21-23-25-27-29-31-40(58)72-36(34-70-39(57)30-28-26-24-22-20-14-12-10-8-6-4-2)35-71-78(68,69)77-52-50(75-53-48(66)43(61)41(59)37(32-55)73-53)46(64)45(63)47(65)51(52)76-54-49(67)44(62)42(60)38(33-56)74-54/h36-38,41-56,59-67H,3-35H2,1-2H3,(H,68,69). The summed E-state index contributed by atoms with van der Waals surface area (Å²) in [5.74, 6) is -1.32. The number of rotatable bonds is 43. The van der Waals surface area contributed by atoms with Gasteiger partial charge in [-0.1, -0.05) is 174 Å². The highest BCUT2D eigenvalue weighted by Gasteiger charge is 2.58. The lowest BCUT2D eigenvalue weighted by atomic mass is 9.84. The summed E-state index contributed by atoms with van der Waals surface area (Å²) in [6.07, 6.45) is -4.77. The monoisotopic (exact) mass is 1150 g/mol. The molecule has 460 valence electrons. The molecule has 3 aliphatic rings. The van der Waals surface area contributed by atoms with Crippen LogP contribution in [0.1, 0.15) is 200 Å². The lowest BCUT2D eigenvalue weighted by molar-refractivity contribution is -0.360. The second-order valence-electron chi connectivity index (χ2n) is 21.5. The topological polar surface area (TPSA) is 368 Å². The number of carbonyl (C=O) groups excluding carboxylic acids is 2. The highest BCUT2D eigenvalue weighted by Crippen LogP contribution is 2.49. The Morgan fingerprint density at radius 3 is 1.13 bits per heavy atom. The van der Waals surface area contributed by atoms with E-state index in [0.717, 1.165) is 57.8 Å². The number of esters is 2. The highest BCUT2D eigenvalue weighted by molar-refractivity contribution is 7.47. The van der Waals surface area contributed by atoms with Crippen LogP contribution in [0.5, 0.6) is 0 Å². The predicted octanol–water partition coefficient (Wildman–Crippen LogP) is 3.76. The Balaban J connectivity index is 1.70. The SMILES string of the molecule is CCCCCCCCCCCCCCCCCCC(=O)OC(COC(=O)CCCCCCCCCCCCC)COP(=O)(O)OC1C(OC2OC(CO)C(O)C(O)C2O)C(O)C(O)C(O)C1OC1OC(CO)C(O)C(O)C1O. The largest absolute Gasteiger partial charge is 0.472 e. The van der Waals surface area contributed by atoms with E-state index in [2.05, 4.69) is 13.8 Å². The molecule has 1 saturated carbocycles. The van der Waals surface area contributed by atoms with Crippen LogP contribution in [0.15, 0.2) is 0 Å². The van der Waals surface area contributed by atoms with Gasteiger partial charge in [0.05, 0.1) is 19.8 Å². The van der Waals surface area contributed by atoms with Gasteiger partial charge in [0.2, 0.25) is 0 Å². The zero-order chi connectivity index (χ0) is 57.5. The number of aliphatic hydroxyl groups is 11. The molecule has 12 N–H and O–H groups in total. The molecule has 16 unspecified atom stereocenters. The third-order valence-electron chi connectivity index (χ3n) is 14.9. The number of hydrogen-bond acceptors (Lipinski definition) is 22. The first-order valence-electron chi connectivity index (χ1n) is 29.4. The van der Waals surface area contributed by atoms with Crippen molar-refractivity contribution in [3.8, 4) is 0 Å². The Hall–Kier alpha value is -1.55. The first-order chi connectivity index (χ1) is 37.4. The molecular formula is C54H101O23P. The van der Waals surface area contributed by atoms with Gasteiger partial charge in [-0.25, -0.2) is 4.57 Å². The Morgan fingerprint density at radius 2 is 0.769 bits per heavy atom. The minimum atomic E-state index is -5.63. The van der Waals surface area contributed by atoms with Gasteiger partial charge in [0.15, 0.2) is 18.7 Å². The molecule has 0 aromatic carbocycles. The van der Waals surface area contributed by atoms with Crippen molar-refractivity contribution in [2.24, 2.45) is 0 Å². The minimum absolute atomic E-state index is 0.0248. The number of ether oxygens (including phenoxy) is 6. The third kappa shape index (κ3) is 25.5. The summed E-state index contributed by atoms with van der Waals surface area (Å²) in [4.78, 5) is 37.4. The van der Waals surface area contributed by atoms with Crippen LogP contribution in [0.3, 0.4) is 0 Å². The predicted molar refractivity (Wildman–Crippen MR) is 282 cm³/mol. The van der Waals surface area contributed by atoms with Crippen LogP contribution < -0.4 is 0 Å². The van der Waals surface area contributed by atoms with Crippen molar-refractivity contribution in [2.75, 3.05) is 26.4 Å². The molecule has 23 nitrogen and oxygen atoms in total. The van der Waals surface area contributed by atoms with Crippen LogP contribution in [0.25, 0.3) is 0 Å². The molecule has 2 aliphatic heterocycles. The molecule has 16 atom stereocenters. The van der Waals surface area contributed by atoms with E-state index in [4.69, 9.17) is 37.5 Å². The van der Waals surface area contributed by atoms with Crippen LogP contribution in [0, 0.1) is 0 Å². The molecule has 0 spiro atoms. The number of phosphoric acid groups is 1. The summed E-state index contributed by atoms with van der Waals surface area (Å²) in [7, 11) is -5.63. The number of hydrogen-bond donors (Lipinski definition) is 12. The summed E-state index contributed by atoms with van der Waals surface area (Å²) in [6, 6.07) is 0. The smallest absolute Gasteiger partial charge is 0.462 e. The summed E-state index contributed by atoms with van der Waals surface area (Å²) in [5, 5.41) is 117. The van der Waals surface area contributed by atoms with Crippen LogP contribution in [0.2, 0.25) is 0 Å². The molecule has 2 heterocycles. The molecule has 0 aromatic rings. The average molecular weight is 1150 g/mol. The van der Waals surface area contributed by atoms with Gasteiger partial charge in [0.25, 0.3) is 0 Å². The van der Waals surface area contributed by atoms with Gasteiger partial charge >= 0.3 is 19.8 Å². The molecule has 2 saturated heterocycles. The second-order valence-corrected chi connectivity index (χ2v) is 22.9. The Bertz CT molecular complexity index is 1560. The number of unbranched alkanes of at least 4 members (excludes halogenated alkanes) is 25. The Labute approximate surface area is 461 Å². The van der Waals surface area contributed by atoms with E-state index in [1.807, 2.05) is 0 Å². The van der Waals surface area contributed by atoms with Gasteiger partial charge in [-0.3, -0.25) is 18.6 Å². The maximum atomic E-state index is 14.0.